The smallest absolute Gasteiger partial charge is 0.251 e. The third-order valence-corrected chi connectivity index (χ3v) is 5.45. The zero-order valence-corrected chi connectivity index (χ0v) is 16.9. The van der Waals surface area contributed by atoms with Crippen molar-refractivity contribution in [1.82, 2.24) is 15.2 Å². The lowest BCUT2D eigenvalue weighted by Crippen LogP contribution is -2.38. The summed E-state index contributed by atoms with van der Waals surface area (Å²) < 4.78 is 12.9. The van der Waals surface area contributed by atoms with Crippen LogP contribution >= 0.6 is 11.3 Å². The van der Waals surface area contributed by atoms with Crippen LogP contribution in [0.25, 0.3) is 0 Å². The maximum atomic E-state index is 12.9. The first-order valence-corrected chi connectivity index (χ1v) is 10.3. The van der Waals surface area contributed by atoms with Crippen LogP contribution in [0, 0.1) is 17.7 Å². The normalized spacial score (nSPS) is 20.0. The zero-order chi connectivity index (χ0) is 20.1. The van der Waals surface area contributed by atoms with Crippen LogP contribution in [-0.4, -0.2) is 41.3 Å². The van der Waals surface area contributed by atoms with Gasteiger partial charge in [-0.15, -0.1) is 11.3 Å². The number of aromatic nitrogens is 1. The average molecular weight is 405 g/mol. The fourth-order valence-electron chi connectivity index (χ4n) is 3.61. The molecule has 0 unspecified atom stereocenters. The second-order valence-corrected chi connectivity index (χ2v) is 8.38. The molecule has 3 rings (SSSR count). The van der Waals surface area contributed by atoms with Crippen molar-refractivity contribution >= 4 is 28.3 Å². The maximum Gasteiger partial charge on any atom is 0.251 e. The molecule has 1 fully saturated rings. The van der Waals surface area contributed by atoms with Crippen LogP contribution in [0.5, 0.6) is 0 Å². The van der Waals surface area contributed by atoms with Crippen molar-refractivity contribution in [3.8, 4) is 0 Å². The Bertz CT molecular complexity index is 814. The highest BCUT2D eigenvalue weighted by atomic mass is 32.1. The number of amides is 2. The van der Waals surface area contributed by atoms with Gasteiger partial charge in [0.2, 0.25) is 5.91 Å². The molecule has 0 bridgehead atoms. The predicted molar refractivity (Wildman–Crippen MR) is 108 cm³/mol. The molecule has 2 amide bonds. The molecule has 28 heavy (non-hydrogen) atoms. The number of piperidine rings is 1. The standard InChI is InChI=1S/C20H25FN4O2S/c1-13-7-14(2)10-25(9-13)11-17-12-28-20(23-17)24-18(26)8-22-19(27)15-3-5-16(21)6-4-15/h3-6,12-14H,7-11H2,1-2H3,(H,22,27)(H,23,24,26)/t13-,14-/m0/s1. The Morgan fingerprint density at radius 3 is 2.57 bits per heavy atom. The third-order valence-electron chi connectivity index (χ3n) is 4.64. The molecule has 150 valence electrons. The van der Waals surface area contributed by atoms with Crippen LogP contribution in [0.2, 0.25) is 0 Å². The Hall–Kier alpha value is -2.32. The number of benzene rings is 1. The number of hydrogen-bond acceptors (Lipinski definition) is 5. The number of rotatable bonds is 6. The molecule has 0 saturated carbocycles. The highest BCUT2D eigenvalue weighted by Crippen LogP contribution is 2.23. The molecular formula is C20H25FN4O2S. The Morgan fingerprint density at radius 2 is 1.89 bits per heavy atom. The zero-order valence-electron chi connectivity index (χ0n) is 16.1. The number of nitrogens with one attached hydrogen (secondary N) is 2. The first-order valence-electron chi connectivity index (χ1n) is 9.39. The molecule has 0 aliphatic carbocycles. The van der Waals surface area contributed by atoms with Gasteiger partial charge in [-0.1, -0.05) is 13.8 Å². The number of hydrogen-bond donors (Lipinski definition) is 2. The number of likely N-dealkylation sites (tertiary alicyclic amines) is 1. The molecule has 2 heterocycles. The van der Waals surface area contributed by atoms with E-state index in [4.69, 9.17) is 0 Å². The van der Waals surface area contributed by atoms with Gasteiger partial charge >= 0.3 is 0 Å². The second kappa shape index (κ2) is 9.25. The largest absolute Gasteiger partial charge is 0.343 e. The van der Waals surface area contributed by atoms with Crippen molar-refractivity contribution in [3.63, 3.8) is 0 Å². The summed E-state index contributed by atoms with van der Waals surface area (Å²) >= 11 is 1.38. The summed E-state index contributed by atoms with van der Waals surface area (Å²) in [5, 5.41) is 7.70. The Morgan fingerprint density at radius 1 is 1.21 bits per heavy atom. The Labute approximate surface area is 168 Å². The van der Waals surface area contributed by atoms with Gasteiger partial charge in [-0.3, -0.25) is 14.5 Å². The SMILES string of the molecule is C[C@H]1C[C@H](C)CN(Cc2csc(NC(=O)CNC(=O)c3ccc(F)cc3)n2)C1. The predicted octanol–water partition coefficient (Wildman–Crippen LogP) is 3.13. The van der Waals surface area contributed by atoms with Crippen molar-refractivity contribution < 1.29 is 14.0 Å². The number of thiazole rings is 1. The summed E-state index contributed by atoms with van der Waals surface area (Å²) in [6.45, 7) is 7.29. The first kappa shape index (κ1) is 20.4. The van der Waals surface area contributed by atoms with Crippen molar-refractivity contribution in [1.29, 1.82) is 0 Å². The molecule has 2 aromatic rings. The van der Waals surface area contributed by atoms with Gasteiger partial charge in [-0.2, -0.15) is 0 Å². The van der Waals surface area contributed by atoms with Crippen LogP contribution in [0.4, 0.5) is 9.52 Å². The van der Waals surface area contributed by atoms with Gasteiger partial charge in [0.1, 0.15) is 5.82 Å². The van der Waals surface area contributed by atoms with Crippen LogP contribution < -0.4 is 10.6 Å². The number of halogens is 1. The average Bonchev–Trinajstić information content (AvgIpc) is 3.06. The van der Waals surface area contributed by atoms with E-state index in [1.54, 1.807) is 0 Å². The minimum atomic E-state index is -0.427. The summed E-state index contributed by atoms with van der Waals surface area (Å²) in [6, 6.07) is 5.15. The van der Waals surface area contributed by atoms with Crippen molar-refractivity contribution in [2.75, 3.05) is 25.0 Å². The van der Waals surface area contributed by atoms with E-state index in [-0.39, 0.29) is 12.5 Å². The second-order valence-electron chi connectivity index (χ2n) is 7.52. The number of carbonyl (C=O) groups excluding carboxylic acids is 2. The lowest BCUT2D eigenvalue weighted by Gasteiger charge is -2.34. The summed E-state index contributed by atoms with van der Waals surface area (Å²) in [5.74, 6) is 0.180. The molecule has 2 atom stereocenters. The van der Waals surface area contributed by atoms with E-state index in [2.05, 4.69) is 34.4 Å². The topological polar surface area (TPSA) is 74.3 Å². The maximum absolute atomic E-state index is 12.9. The monoisotopic (exact) mass is 404 g/mol. The molecular weight excluding hydrogens is 379 g/mol. The lowest BCUT2D eigenvalue weighted by molar-refractivity contribution is -0.115. The molecule has 1 aliphatic heterocycles. The minimum Gasteiger partial charge on any atom is -0.343 e. The van der Waals surface area contributed by atoms with Gasteiger partial charge < -0.3 is 10.6 Å². The van der Waals surface area contributed by atoms with Crippen LogP contribution in [-0.2, 0) is 11.3 Å². The quantitative estimate of drug-likeness (QED) is 0.776. The van der Waals surface area contributed by atoms with E-state index in [1.165, 1.54) is 42.0 Å². The molecule has 1 saturated heterocycles. The van der Waals surface area contributed by atoms with E-state index >= 15 is 0 Å². The van der Waals surface area contributed by atoms with Crippen LogP contribution in [0.15, 0.2) is 29.6 Å². The molecule has 1 aromatic heterocycles. The van der Waals surface area contributed by atoms with Crippen molar-refractivity contribution in [2.24, 2.45) is 11.8 Å². The fourth-order valence-corrected chi connectivity index (χ4v) is 4.33. The summed E-state index contributed by atoms with van der Waals surface area (Å²) in [5.41, 5.74) is 1.24. The number of carbonyl (C=O) groups is 2. The highest BCUT2D eigenvalue weighted by Gasteiger charge is 2.22. The molecule has 6 nitrogen and oxygen atoms in total. The number of nitrogens with zero attached hydrogens (tertiary/aromatic N) is 2. The molecule has 0 spiro atoms. The Kier molecular flexibility index (Phi) is 6.74. The van der Waals surface area contributed by atoms with Crippen LogP contribution in [0.3, 0.4) is 0 Å². The van der Waals surface area contributed by atoms with Crippen molar-refractivity contribution in [2.45, 2.75) is 26.8 Å². The highest BCUT2D eigenvalue weighted by molar-refractivity contribution is 7.13. The van der Waals surface area contributed by atoms with Gasteiger partial charge in [0.25, 0.3) is 5.91 Å². The molecule has 2 N–H and O–H groups in total. The first-order chi connectivity index (χ1) is 13.4. The molecule has 1 aliphatic rings. The van der Waals surface area contributed by atoms with E-state index in [0.717, 1.165) is 25.3 Å². The van der Waals surface area contributed by atoms with E-state index in [0.29, 0.717) is 22.5 Å². The summed E-state index contributed by atoms with van der Waals surface area (Å²) in [7, 11) is 0. The van der Waals surface area contributed by atoms with Gasteiger partial charge in [0.15, 0.2) is 5.13 Å². The van der Waals surface area contributed by atoms with Gasteiger partial charge in [0, 0.05) is 30.6 Å². The lowest BCUT2D eigenvalue weighted by atomic mass is 9.92. The Balaban J connectivity index is 1.46. The van der Waals surface area contributed by atoms with E-state index in [1.807, 2.05) is 5.38 Å². The number of anilines is 1. The fraction of sp³-hybridized carbons (Fsp3) is 0.450. The third kappa shape index (κ3) is 5.84. The minimum absolute atomic E-state index is 0.174. The van der Waals surface area contributed by atoms with Crippen LogP contribution in [0.1, 0.15) is 36.3 Å². The summed E-state index contributed by atoms with van der Waals surface area (Å²) in [4.78, 5) is 30.9. The molecule has 1 aromatic carbocycles. The molecule has 0 radical (unpaired) electrons. The molecule has 8 heteroatoms. The summed E-state index contributed by atoms with van der Waals surface area (Å²) in [6.07, 6.45) is 1.26. The van der Waals surface area contributed by atoms with Crippen molar-refractivity contribution in [3.05, 3.63) is 46.7 Å². The van der Waals surface area contributed by atoms with E-state index < -0.39 is 11.7 Å². The van der Waals surface area contributed by atoms with Gasteiger partial charge in [0.05, 0.1) is 12.2 Å². The van der Waals surface area contributed by atoms with E-state index in [9.17, 15) is 14.0 Å². The van der Waals surface area contributed by atoms with Gasteiger partial charge in [-0.05, 0) is 42.5 Å². The van der Waals surface area contributed by atoms with Gasteiger partial charge in [-0.25, -0.2) is 9.37 Å².